The molecular formula is C20H30N3O4+. The molecule has 0 aromatic heterocycles. The maximum Gasteiger partial charge on any atom is 0.329 e. The number of carbonyl (C=O) groups excluding carboxylic acids is 2. The molecular weight excluding hydrogens is 346 g/mol. The van der Waals surface area contributed by atoms with Crippen molar-refractivity contribution in [1.82, 2.24) is 10.2 Å². The van der Waals surface area contributed by atoms with Crippen LogP contribution in [-0.4, -0.2) is 50.3 Å². The topological polar surface area (TPSA) is 72.3 Å². The lowest BCUT2D eigenvalue weighted by Crippen LogP contribution is -3.09. The van der Waals surface area contributed by atoms with Crippen molar-refractivity contribution in [2.45, 2.75) is 51.1 Å². The summed E-state index contributed by atoms with van der Waals surface area (Å²) in [7, 11) is 5.22. The second-order valence-electron chi connectivity index (χ2n) is 7.73. The first-order chi connectivity index (χ1) is 12.9. The lowest BCUT2D eigenvalue weighted by atomic mass is 9.82. The molecule has 1 spiro atoms. The third kappa shape index (κ3) is 3.74. The van der Waals surface area contributed by atoms with Crippen LogP contribution in [0.2, 0.25) is 0 Å². The van der Waals surface area contributed by atoms with Crippen LogP contribution in [0.25, 0.3) is 0 Å². The van der Waals surface area contributed by atoms with Crippen LogP contribution in [0.3, 0.4) is 0 Å². The van der Waals surface area contributed by atoms with Crippen molar-refractivity contribution >= 4 is 11.9 Å². The van der Waals surface area contributed by atoms with Gasteiger partial charge in [0, 0.05) is 5.56 Å². The van der Waals surface area contributed by atoms with E-state index in [4.69, 9.17) is 9.47 Å². The molecule has 0 bridgehead atoms. The number of quaternary nitrogens is 1. The van der Waals surface area contributed by atoms with Crippen molar-refractivity contribution in [3.05, 3.63) is 23.3 Å². The van der Waals surface area contributed by atoms with Crippen LogP contribution >= 0.6 is 0 Å². The van der Waals surface area contributed by atoms with Crippen LogP contribution in [0.4, 0.5) is 4.79 Å². The lowest BCUT2D eigenvalue weighted by molar-refractivity contribution is -0.901. The Morgan fingerprint density at radius 3 is 2.37 bits per heavy atom. The molecule has 3 amide bonds. The summed E-state index contributed by atoms with van der Waals surface area (Å²) in [6, 6.07) is 3.66. The Balaban J connectivity index is 1.70. The second kappa shape index (κ2) is 7.76. The van der Waals surface area contributed by atoms with E-state index in [1.807, 2.05) is 26.1 Å². The first-order valence-corrected chi connectivity index (χ1v) is 9.57. The molecule has 2 fully saturated rings. The van der Waals surface area contributed by atoms with Gasteiger partial charge < -0.3 is 19.7 Å². The lowest BCUT2D eigenvalue weighted by Gasteiger charge is -2.30. The minimum atomic E-state index is -0.658. The molecule has 7 nitrogen and oxygen atoms in total. The fourth-order valence-electron chi connectivity index (χ4n) is 4.18. The maximum atomic E-state index is 12.9. The third-order valence-corrected chi connectivity index (χ3v) is 5.72. The highest BCUT2D eigenvalue weighted by atomic mass is 16.5. The molecule has 1 atom stereocenters. The molecule has 2 N–H and O–H groups in total. The van der Waals surface area contributed by atoms with Crippen LogP contribution in [0, 0.1) is 6.92 Å². The number of methoxy groups -OCH3 is 2. The van der Waals surface area contributed by atoms with Gasteiger partial charge in [0.15, 0.2) is 18.2 Å². The molecule has 0 radical (unpaired) electrons. The zero-order chi connectivity index (χ0) is 19.6. The Hall–Kier alpha value is -2.28. The molecule has 1 heterocycles. The quantitative estimate of drug-likeness (QED) is 0.733. The van der Waals surface area contributed by atoms with Crippen molar-refractivity contribution in [2.75, 3.05) is 27.9 Å². The number of aryl methyl sites for hydroxylation is 1. The highest BCUT2D eigenvalue weighted by Gasteiger charge is 2.52. The largest absolute Gasteiger partial charge is 0.493 e. The summed E-state index contributed by atoms with van der Waals surface area (Å²) in [5.74, 6) is 1.32. The van der Waals surface area contributed by atoms with Gasteiger partial charge in [-0.1, -0.05) is 19.3 Å². The van der Waals surface area contributed by atoms with E-state index >= 15 is 0 Å². The van der Waals surface area contributed by atoms with E-state index in [1.165, 1.54) is 4.90 Å². The monoisotopic (exact) mass is 376 g/mol. The average Bonchev–Trinajstić information content (AvgIpc) is 2.87. The normalized spacial score (nSPS) is 19.9. The number of imide groups is 1. The van der Waals surface area contributed by atoms with Crippen molar-refractivity contribution in [3.63, 3.8) is 0 Å². The summed E-state index contributed by atoms with van der Waals surface area (Å²) in [6.45, 7) is 3.05. The molecule has 3 rings (SSSR count). The van der Waals surface area contributed by atoms with E-state index in [9.17, 15) is 9.59 Å². The highest BCUT2D eigenvalue weighted by molar-refractivity contribution is 6.06. The summed E-state index contributed by atoms with van der Waals surface area (Å²) >= 11 is 0. The molecule has 148 valence electrons. The predicted molar refractivity (Wildman–Crippen MR) is 101 cm³/mol. The Morgan fingerprint density at radius 1 is 1.11 bits per heavy atom. The van der Waals surface area contributed by atoms with E-state index in [0.717, 1.165) is 48.1 Å². The Kier molecular flexibility index (Phi) is 5.60. The number of nitrogens with zero attached hydrogens (tertiary/aromatic N) is 1. The molecule has 1 aromatic carbocycles. The first-order valence-electron chi connectivity index (χ1n) is 9.57. The number of ether oxygens (including phenoxy) is 2. The van der Waals surface area contributed by atoms with E-state index in [-0.39, 0.29) is 11.9 Å². The predicted octanol–water partition coefficient (Wildman–Crippen LogP) is 1.24. The number of rotatable bonds is 6. The first kappa shape index (κ1) is 19.5. The van der Waals surface area contributed by atoms with Gasteiger partial charge in [-0.3, -0.25) is 4.79 Å². The van der Waals surface area contributed by atoms with E-state index < -0.39 is 5.54 Å². The molecule has 1 saturated carbocycles. The molecule has 1 aliphatic carbocycles. The van der Waals surface area contributed by atoms with Crippen LogP contribution in [0.1, 0.15) is 43.2 Å². The average molecular weight is 376 g/mol. The van der Waals surface area contributed by atoms with Gasteiger partial charge in [0.25, 0.3) is 5.91 Å². The van der Waals surface area contributed by atoms with Gasteiger partial charge in [0.05, 0.1) is 21.3 Å². The standard InChI is InChI=1S/C20H29N3O4/c1-14-10-16(26-3)17(27-4)11-15(14)12-22(2)13-23-18(24)20(21-19(23)25)8-6-5-7-9-20/h10-11H,5-9,12-13H2,1-4H3,(H,21,25)/p+1. The number of urea groups is 1. The maximum absolute atomic E-state index is 12.9. The molecule has 1 unspecified atom stereocenters. The van der Waals surface area contributed by atoms with Gasteiger partial charge >= 0.3 is 6.03 Å². The molecule has 2 aliphatic rings. The minimum Gasteiger partial charge on any atom is -0.493 e. The fourth-order valence-corrected chi connectivity index (χ4v) is 4.18. The highest BCUT2D eigenvalue weighted by Crippen LogP contribution is 2.33. The summed E-state index contributed by atoms with van der Waals surface area (Å²) in [4.78, 5) is 27.8. The van der Waals surface area contributed by atoms with Gasteiger partial charge in [-0.25, -0.2) is 9.69 Å². The number of hydrogen-bond donors (Lipinski definition) is 2. The van der Waals surface area contributed by atoms with E-state index in [2.05, 4.69) is 5.32 Å². The smallest absolute Gasteiger partial charge is 0.329 e. The number of benzene rings is 1. The van der Waals surface area contributed by atoms with Crippen molar-refractivity contribution in [3.8, 4) is 11.5 Å². The summed E-state index contributed by atoms with van der Waals surface area (Å²) < 4.78 is 10.7. The zero-order valence-corrected chi connectivity index (χ0v) is 16.7. The summed E-state index contributed by atoms with van der Waals surface area (Å²) in [5, 5.41) is 2.97. The van der Waals surface area contributed by atoms with Gasteiger partial charge in [-0.15, -0.1) is 0 Å². The third-order valence-electron chi connectivity index (χ3n) is 5.72. The number of hydrogen-bond acceptors (Lipinski definition) is 4. The molecule has 1 aliphatic heterocycles. The molecule has 7 heteroatoms. The van der Waals surface area contributed by atoms with Crippen molar-refractivity contribution in [2.24, 2.45) is 0 Å². The fraction of sp³-hybridized carbons (Fsp3) is 0.600. The molecule has 1 aromatic rings. The van der Waals surface area contributed by atoms with Gasteiger partial charge in [-0.2, -0.15) is 0 Å². The van der Waals surface area contributed by atoms with Crippen LogP contribution in [0.5, 0.6) is 11.5 Å². The van der Waals surface area contributed by atoms with Crippen molar-refractivity contribution < 1.29 is 24.0 Å². The second-order valence-corrected chi connectivity index (χ2v) is 7.73. The van der Waals surface area contributed by atoms with Gasteiger partial charge in [0.1, 0.15) is 12.1 Å². The SMILES string of the molecule is COc1cc(C)c(C[NH+](C)CN2C(=O)NC3(CCCCC3)C2=O)cc1OC. The molecule has 27 heavy (non-hydrogen) atoms. The van der Waals surface area contributed by atoms with Crippen LogP contribution in [0.15, 0.2) is 12.1 Å². The Labute approximate surface area is 160 Å². The Bertz CT molecular complexity index is 728. The number of nitrogens with one attached hydrogen (secondary N) is 2. The number of carbonyl (C=O) groups is 2. The minimum absolute atomic E-state index is 0.0596. The summed E-state index contributed by atoms with van der Waals surface area (Å²) in [6.07, 6.45) is 4.62. The van der Waals surface area contributed by atoms with Gasteiger partial charge in [-0.05, 0) is 37.5 Å². The van der Waals surface area contributed by atoms with Crippen molar-refractivity contribution in [1.29, 1.82) is 0 Å². The zero-order valence-electron chi connectivity index (χ0n) is 16.7. The number of amides is 3. The van der Waals surface area contributed by atoms with Gasteiger partial charge in [0.2, 0.25) is 0 Å². The van der Waals surface area contributed by atoms with Crippen LogP contribution in [-0.2, 0) is 11.3 Å². The molecule has 1 saturated heterocycles. The summed E-state index contributed by atoms with van der Waals surface area (Å²) in [5.41, 5.74) is 1.53. The Morgan fingerprint density at radius 2 is 1.74 bits per heavy atom. The van der Waals surface area contributed by atoms with E-state index in [1.54, 1.807) is 14.2 Å². The van der Waals surface area contributed by atoms with E-state index in [0.29, 0.717) is 24.7 Å². The van der Waals surface area contributed by atoms with Crippen LogP contribution < -0.4 is 19.7 Å².